The molecule has 0 unspecified atom stereocenters. The number of nitrogens with one attached hydrogen (secondary N) is 1. The molecule has 0 saturated heterocycles. The van der Waals surface area contributed by atoms with Crippen LogP contribution in [0.3, 0.4) is 0 Å². The first kappa shape index (κ1) is 20.4. The van der Waals surface area contributed by atoms with Gasteiger partial charge in [0.05, 0.1) is 11.4 Å². The molecule has 0 spiro atoms. The minimum absolute atomic E-state index is 0.0597. The number of amides is 1. The Bertz CT molecular complexity index is 862. The molecule has 2 aromatic rings. The Kier molecular flexibility index (Phi) is 6.44. The van der Waals surface area contributed by atoms with E-state index in [0.717, 1.165) is 9.87 Å². The first-order chi connectivity index (χ1) is 12.1. The lowest BCUT2D eigenvalue weighted by atomic mass is 10.1. The number of carbonyl (C=O) groups is 1. The summed E-state index contributed by atoms with van der Waals surface area (Å²) in [4.78, 5) is 12.4. The van der Waals surface area contributed by atoms with Crippen molar-refractivity contribution in [2.45, 2.75) is 37.8 Å². The number of nitrogens with zero attached hydrogens (tertiary/aromatic N) is 1. The van der Waals surface area contributed by atoms with E-state index in [-0.39, 0.29) is 23.9 Å². The lowest BCUT2D eigenvalue weighted by molar-refractivity contribution is -0.122. The monoisotopic (exact) mass is 394 g/mol. The fourth-order valence-electron chi connectivity index (χ4n) is 2.41. The van der Waals surface area contributed by atoms with Crippen LogP contribution in [0.2, 0.25) is 5.02 Å². The molecule has 0 heterocycles. The highest BCUT2D eigenvalue weighted by Crippen LogP contribution is 2.21. The molecule has 0 aliphatic rings. The minimum atomic E-state index is -3.88. The first-order valence-corrected chi connectivity index (χ1v) is 10.0. The number of halogens is 1. The maximum Gasteiger partial charge on any atom is 0.243 e. The van der Waals surface area contributed by atoms with E-state index < -0.39 is 15.6 Å². The van der Waals surface area contributed by atoms with Gasteiger partial charge in [0.25, 0.3) is 0 Å². The van der Waals surface area contributed by atoms with Crippen molar-refractivity contribution < 1.29 is 13.2 Å². The largest absolute Gasteiger partial charge is 0.350 e. The van der Waals surface area contributed by atoms with E-state index in [2.05, 4.69) is 5.32 Å². The van der Waals surface area contributed by atoms with E-state index in [4.69, 9.17) is 11.6 Å². The summed E-state index contributed by atoms with van der Waals surface area (Å²) < 4.78 is 27.3. The fraction of sp³-hybridized carbons (Fsp3) is 0.316. The van der Waals surface area contributed by atoms with E-state index in [0.29, 0.717) is 5.02 Å². The second-order valence-corrected chi connectivity index (χ2v) is 9.39. The maximum atomic E-state index is 13.1. The molecule has 0 bridgehead atoms. The second-order valence-electron chi connectivity index (χ2n) is 7.01. The van der Waals surface area contributed by atoms with Crippen LogP contribution in [-0.4, -0.2) is 30.7 Å². The van der Waals surface area contributed by atoms with Gasteiger partial charge in [-0.1, -0.05) is 48.0 Å². The second kappa shape index (κ2) is 8.20. The third-order valence-corrected chi connectivity index (χ3v) is 5.49. The summed E-state index contributed by atoms with van der Waals surface area (Å²) in [5.74, 6) is -0.362. The summed E-state index contributed by atoms with van der Waals surface area (Å²) in [5.41, 5.74) is 0.344. The van der Waals surface area contributed by atoms with E-state index in [1.807, 2.05) is 51.1 Å². The average molecular weight is 395 g/mol. The lowest BCUT2D eigenvalue weighted by Crippen LogP contribution is -2.47. The van der Waals surface area contributed by atoms with Crippen LogP contribution >= 0.6 is 11.6 Å². The molecule has 0 aromatic heterocycles. The molecule has 26 heavy (non-hydrogen) atoms. The quantitative estimate of drug-likeness (QED) is 0.816. The summed E-state index contributed by atoms with van der Waals surface area (Å²) in [7, 11) is -3.88. The first-order valence-electron chi connectivity index (χ1n) is 8.18. The number of hydrogen-bond donors (Lipinski definition) is 1. The summed E-state index contributed by atoms with van der Waals surface area (Å²) in [5, 5.41) is 3.12. The summed E-state index contributed by atoms with van der Waals surface area (Å²) in [6.45, 7) is 5.35. The number of rotatable bonds is 6. The van der Waals surface area contributed by atoms with Crippen LogP contribution in [-0.2, 0) is 21.4 Å². The van der Waals surface area contributed by atoms with Crippen LogP contribution < -0.4 is 5.32 Å². The summed E-state index contributed by atoms with van der Waals surface area (Å²) in [6, 6.07) is 15.2. The van der Waals surface area contributed by atoms with Gasteiger partial charge in [-0.3, -0.25) is 4.79 Å². The van der Waals surface area contributed by atoms with Gasteiger partial charge in [0.15, 0.2) is 0 Å². The Morgan fingerprint density at radius 3 is 2.31 bits per heavy atom. The minimum Gasteiger partial charge on any atom is -0.350 e. The predicted octanol–water partition coefficient (Wildman–Crippen LogP) is 3.45. The van der Waals surface area contributed by atoms with Gasteiger partial charge in [-0.15, -0.1) is 0 Å². The van der Waals surface area contributed by atoms with Crippen molar-refractivity contribution in [3.05, 3.63) is 65.2 Å². The zero-order valence-corrected chi connectivity index (χ0v) is 16.6. The molecule has 1 N–H and O–H groups in total. The van der Waals surface area contributed by atoms with Gasteiger partial charge in [-0.25, -0.2) is 8.42 Å². The standard InChI is InChI=1S/C19H23ClN2O3S/c1-19(2,3)21-18(23)14-22(13-15-8-5-4-6-9-15)26(24,25)17-11-7-10-16(20)12-17/h4-12H,13-14H2,1-3H3,(H,21,23). The molecule has 7 heteroatoms. The molecule has 0 fully saturated rings. The van der Waals surface area contributed by atoms with Crippen LogP contribution in [0, 0.1) is 0 Å². The number of carbonyl (C=O) groups excluding carboxylic acids is 1. The normalized spacial score (nSPS) is 12.2. The van der Waals surface area contributed by atoms with Crippen molar-refractivity contribution in [3.63, 3.8) is 0 Å². The topological polar surface area (TPSA) is 66.5 Å². The van der Waals surface area contributed by atoms with Crippen molar-refractivity contribution in [2.75, 3.05) is 6.54 Å². The van der Waals surface area contributed by atoms with Crippen LogP contribution in [0.15, 0.2) is 59.5 Å². The van der Waals surface area contributed by atoms with Gasteiger partial charge >= 0.3 is 0 Å². The van der Waals surface area contributed by atoms with Crippen LogP contribution in [0.25, 0.3) is 0 Å². The summed E-state index contributed by atoms with van der Waals surface area (Å²) >= 11 is 5.95. The van der Waals surface area contributed by atoms with Gasteiger partial charge in [0.1, 0.15) is 0 Å². The molecular weight excluding hydrogens is 372 g/mol. The lowest BCUT2D eigenvalue weighted by Gasteiger charge is -2.25. The van der Waals surface area contributed by atoms with Gasteiger partial charge < -0.3 is 5.32 Å². The van der Waals surface area contributed by atoms with Crippen molar-refractivity contribution >= 4 is 27.5 Å². The molecule has 0 aliphatic carbocycles. The van der Waals surface area contributed by atoms with Crippen LogP contribution in [0.5, 0.6) is 0 Å². The molecule has 2 aromatic carbocycles. The van der Waals surface area contributed by atoms with Crippen molar-refractivity contribution in [2.24, 2.45) is 0 Å². The zero-order valence-electron chi connectivity index (χ0n) is 15.1. The smallest absolute Gasteiger partial charge is 0.243 e. The van der Waals surface area contributed by atoms with Crippen LogP contribution in [0.1, 0.15) is 26.3 Å². The number of hydrogen-bond acceptors (Lipinski definition) is 3. The molecule has 0 radical (unpaired) electrons. The Morgan fingerprint density at radius 1 is 1.08 bits per heavy atom. The molecule has 0 aliphatic heterocycles. The van der Waals surface area contributed by atoms with Crippen molar-refractivity contribution in [3.8, 4) is 0 Å². The van der Waals surface area contributed by atoms with E-state index in [9.17, 15) is 13.2 Å². The third kappa shape index (κ3) is 5.83. The number of benzene rings is 2. The van der Waals surface area contributed by atoms with E-state index >= 15 is 0 Å². The molecule has 5 nitrogen and oxygen atoms in total. The Hall–Kier alpha value is -1.89. The van der Waals surface area contributed by atoms with Gasteiger partial charge in [-0.2, -0.15) is 4.31 Å². The third-order valence-electron chi connectivity index (χ3n) is 3.47. The van der Waals surface area contributed by atoms with Crippen molar-refractivity contribution in [1.82, 2.24) is 9.62 Å². The molecule has 2 rings (SSSR count). The molecule has 0 atom stereocenters. The Morgan fingerprint density at radius 2 is 1.73 bits per heavy atom. The highest BCUT2D eigenvalue weighted by Gasteiger charge is 2.28. The van der Waals surface area contributed by atoms with Crippen molar-refractivity contribution in [1.29, 1.82) is 0 Å². The zero-order chi connectivity index (χ0) is 19.4. The Labute approximate surface area is 160 Å². The highest BCUT2D eigenvalue weighted by molar-refractivity contribution is 7.89. The number of sulfonamides is 1. The van der Waals surface area contributed by atoms with E-state index in [1.165, 1.54) is 12.1 Å². The predicted molar refractivity (Wildman–Crippen MR) is 103 cm³/mol. The van der Waals surface area contributed by atoms with Gasteiger partial charge in [0.2, 0.25) is 15.9 Å². The van der Waals surface area contributed by atoms with Gasteiger partial charge in [0, 0.05) is 17.1 Å². The molecular formula is C19H23ClN2O3S. The highest BCUT2D eigenvalue weighted by atomic mass is 35.5. The Balaban J connectivity index is 2.34. The van der Waals surface area contributed by atoms with E-state index in [1.54, 1.807) is 12.1 Å². The maximum absolute atomic E-state index is 13.1. The average Bonchev–Trinajstić information content (AvgIpc) is 2.53. The van der Waals surface area contributed by atoms with Gasteiger partial charge in [-0.05, 0) is 44.5 Å². The molecule has 0 saturated carbocycles. The summed E-state index contributed by atoms with van der Waals surface area (Å²) in [6.07, 6.45) is 0. The SMILES string of the molecule is CC(C)(C)NC(=O)CN(Cc1ccccc1)S(=O)(=O)c1cccc(Cl)c1. The molecule has 140 valence electrons. The van der Waals surface area contributed by atoms with Crippen LogP contribution in [0.4, 0.5) is 0 Å². The fourth-order valence-corrected chi connectivity index (χ4v) is 4.09. The molecule has 1 amide bonds.